The van der Waals surface area contributed by atoms with E-state index in [2.05, 4.69) is 10.9 Å². The minimum absolute atomic E-state index is 0.0128. The molecular formula is C10H17N3O6S. The maximum atomic E-state index is 11.5. The lowest BCUT2D eigenvalue weighted by molar-refractivity contribution is -0.139. The predicted octanol–water partition coefficient (Wildman–Crippen LogP) is -2.27. The number of sulfone groups is 1. The first-order valence-corrected chi connectivity index (χ1v) is 7.73. The minimum atomic E-state index is -3.17. The molecule has 114 valence electrons. The Kier molecular flexibility index (Phi) is 5.45. The summed E-state index contributed by atoms with van der Waals surface area (Å²) in [5.41, 5.74) is 4.19. The van der Waals surface area contributed by atoms with Gasteiger partial charge in [-0.25, -0.2) is 8.42 Å². The molecule has 20 heavy (non-hydrogen) atoms. The number of rotatable bonds is 5. The van der Waals surface area contributed by atoms with Gasteiger partial charge in [0, 0.05) is 13.0 Å². The van der Waals surface area contributed by atoms with Gasteiger partial charge in [-0.2, -0.15) is 0 Å². The third-order valence-electron chi connectivity index (χ3n) is 2.79. The molecule has 3 N–H and O–H groups in total. The van der Waals surface area contributed by atoms with Crippen molar-refractivity contribution in [1.29, 1.82) is 0 Å². The molecule has 1 saturated heterocycles. The zero-order valence-corrected chi connectivity index (χ0v) is 11.8. The number of hydrogen-bond acceptors (Lipinski definition) is 6. The van der Waals surface area contributed by atoms with Crippen LogP contribution in [0.2, 0.25) is 0 Å². The van der Waals surface area contributed by atoms with Gasteiger partial charge in [0.15, 0.2) is 9.84 Å². The molecule has 1 aliphatic heterocycles. The molecule has 9 nitrogen and oxygen atoms in total. The standard InChI is InChI=1S/C10H17N3O6S/c1-7(14)11-12-9(15)4-13(5-10(16)17)8-2-3-20(18,19)6-8/h8H,2-6H2,1H3,(H,11,14)(H,12,15)(H,16,17). The van der Waals surface area contributed by atoms with Crippen LogP contribution in [0.15, 0.2) is 0 Å². The van der Waals surface area contributed by atoms with E-state index in [1.165, 1.54) is 11.8 Å². The third-order valence-corrected chi connectivity index (χ3v) is 4.54. The van der Waals surface area contributed by atoms with E-state index in [-0.39, 0.29) is 18.1 Å². The van der Waals surface area contributed by atoms with Gasteiger partial charge >= 0.3 is 5.97 Å². The van der Waals surface area contributed by atoms with E-state index in [1.54, 1.807) is 0 Å². The van der Waals surface area contributed by atoms with Crippen molar-refractivity contribution < 1.29 is 27.9 Å². The monoisotopic (exact) mass is 307 g/mol. The fourth-order valence-electron chi connectivity index (χ4n) is 1.93. The van der Waals surface area contributed by atoms with E-state index in [1.807, 2.05) is 0 Å². The summed E-state index contributed by atoms with van der Waals surface area (Å²) >= 11 is 0. The van der Waals surface area contributed by atoms with E-state index >= 15 is 0 Å². The first-order chi connectivity index (χ1) is 9.19. The van der Waals surface area contributed by atoms with Crippen LogP contribution in [0.1, 0.15) is 13.3 Å². The maximum Gasteiger partial charge on any atom is 0.317 e. The largest absolute Gasteiger partial charge is 0.480 e. The summed E-state index contributed by atoms with van der Waals surface area (Å²) in [5, 5.41) is 8.81. The maximum absolute atomic E-state index is 11.5. The highest BCUT2D eigenvalue weighted by Gasteiger charge is 2.33. The van der Waals surface area contributed by atoms with Crippen LogP contribution >= 0.6 is 0 Å². The molecule has 0 aliphatic carbocycles. The second-order valence-corrected chi connectivity index (χ2v) is 6.81. The van der Waals surface area contributed by atoms with Crippen LogP contribution in [0.3, 0.4) is 0 Å². The summed E-state index contributed by atoms with van der Waals surface area (Å²) in [6.45, 7) is 0.472. The number of carbonyl (C=O) groups excluding carboxylic acids is 2. The Morgan fingerprint density at radius 2 is 1.90 bits per heavy atom. The summed E-state index contributed by atoms with van der Waals surface area (Å²) in [5.74, 6) is -2.40. The fourth-order valence-corrected chi connectivity index (χ4v) is 3.69. The number of carboxylic acids is 1. The van der Waals surface area contributed by atoms with Crippen molar-refractivity contribution in [1.82, 2.24) is 15.8 Å². The summed E-state index contributed by atoms with van der Waals surface area (Å²) in [6, 6.07) is -0.501. The van der Waals surface area contributed by atoms with E-state index in [0.29, 0.717) is 6.42 Å². The lowest BCUT2D eigenvalue weighted by Crippen LogP contribution is -2.49. The third kappa shape index (κ3) is 5.53. The summed E-state index contributed by atoms with van der Waals surface area (Å²) in [4.78, 5) is 34.3. The average Bonchev–Trinajstić information content (AvgIpc) is 2.65. The fraction of sp³-hybridized carbons (Fsp3) is 0.700. The molecule has 0 aromatic rings. The van der Waals surface area contributed by atoms with E-state index < -0.39 is 40.2 Å². The van der Waals surface area contributed by atoms with Crippen LogP contribution in [0.4, 0.5) is 0 Å². The van der Waals surface area contributed by atoms with Gasteiger partial charge in [-0.05, 0) is 6.42 Å². The highest BCUT2D eigenvalue weighted by atomic mass is 32.2. The Morgan fingerprint density at radius 3 is 2.35 bits per heavy atom. The molecule has 0 bridgehead atoms. The van der Waals surface area contributed by atoms with Gasteiger partial charge in [-0.1, -0.05) is 0 Å². The Labute approximate surface area is 116 Å². The zero-order valence-electron chi connectivity index (χ0n) is 11.0. The van der Waals surface area contributed by atoms with Gasteiger partial charge in [0.2, 0.25) is 5.91 Å². The van der Waals surface area contributed by atoms with Gasteiger partial charge in [0.25, 0.3) is 5.91 Å². The molecule has 0 aromatic carbocycles. The molecule has 1 fully saturated rings. The number of nitrogens with one attached hydrogen (secondary N) is 2. The van der Waals surface area contributed by atoms with E-state index in [0.717, 1.165) is 0 Å². The first kappa shape index (κ1) is 16.4. The molecule has 0 aromatic heterocycles. The number of nitrogens with zero attached hydrogens (tertiary/aromatic N) is 1. The van der Waals surface area contributed by atoms with Crippen molar-refractivity contribution in [3.63, 3.8) is 0 Å². The molecule has 2 amide bonds. The average molecular weight is 307 g/mol. The van der Waals surface area contributed by atoms with Gasteiger partial charge in [-0.15, -0.1) is 0 Å². The topological polar surface area (TPSA) is 133 Å². The Hall–Kier alpha value is -1.68. The Morgan fingerprint density at radius 1 is 1.25 bits per heavy atom. The number of hydrazine groups is 1. The lowest BCUT2D eigenvalue weighted by atomic mass is 10.2. The summed E-state index contributed by atoms with van der Waals surface area (Å²) < 4.78 is 22.8. The molecule has 1 atom stereocenters. The Bertz CT molecular complexity index is 503. The molecule has 0 spiro atoms. The number of carbonyl (C=O) groups is 3. The molecule has 1 aliphatic rings. The lowest BCUT2D eigenvalue weighted by Gasteiger charge is -2.25. The Balaban J connectivity index is 2.63. The molecule has 10 heteroatoms. The highest BCUT2D eigenvalue weighted by Crippen LogP contribution is 2.17. The van der Waals surface area contributed by atoms with Crippen LogP contribution in [0.5, 0.6) is 0 Å². The van der Waals surface area contributed by atoms with Crippen molar-refractivity contribution in [2.75, 3.05) is 24.6 Å². The highest BCUT2D eigenvalue weighted by molar-refractivity contribution is 7.91. The summed E-state index contributed by atoms with van der Waals surface area (Å²) in [7, 11) is -3.17. The zero-order chi connectivity index (χ0) is 15.3. The predicted molar refractivity (Wildman–Crippen MR) is 68.2 cm³/mol. The SMILES string of the molecule is CC(=O)NNC(=O)CN(CC(=O)O)C1CCS(=O)(=O)C1. The summed E-state index contributed by atoms with van der Waals surface area (Å²) in [6.07, 6.45) is 0.295. The number of amides is 2. The molecule has 0 saturated carbocycles. The second kappa shape index (κ2) is 6.66. The smallest absolute Gasteiger partial charge is 0.317 e. The van der Waals surface area contributed by atoms with Crippen molar-refractivity contribution in [2.45, 2.75) is 19.4 Å². The molecule has 1 rings (SSSR count). The van der Waals surface area contributed by atoms with Crippen LogP contribution in [-0.4, -0.2) is 66.8 Å². The number of aliphatic carboxylic acids is 1. The van der Waals surface area contributed by atoms with Crippen LogP contribution < -0.4 is 10.9 Å². The van der Waals surface area contributed by atoms with E-state index in [9.17, 15) is 22.8 Å². The van der Waals surface area contributed by atoms with Gasteiger partial charge in [-0.3, -0.25) is 30.1 Å². The van der Waals surface area contributed by atoms with Gasteiger partial charge in [0.05, 0.1) is 24.6 Å². The quantitative estimate of drug-likeness (QED) is 0.488. The molecule has 0 radical (unpaired) electrons. The van der Waals surface area contributed by atoms with E-state index in [4.69, 9.17) is 5.11 Å². The number of hydrogen-bond donors (Lipinski definition) is 3. The van der Waals surface area contributed by atoms with Crippen LogP contribution in [-0.2, 0) is 24.2 Å². The molecule has 1 unspecified atom stereocenters. The number of carboxylic acid groups (broad SMARTS) is 1. The van der Waals surface area contributed by atoms with Crippen molar-refractivity contribution in [3.8, 4) is 0 Å². The van der Waals surface area contributed by atoms with Crippen molar-refractivity contribution >= 4 is 27.6 Å². The van der Waals surface area contributed by atoms with Crippen molar-refractivity contribution in [3.05, 3.63) is 0 Å². The van der Waals surface area contributed by atoms with Crippen molar-refractivity contribution in [2.24, 2.45) is 0 Å². The van der Waals surface area contributed by atoms with Crippen LogP contribution in [0.25, 0.3) is 0 Å². The van der Waals surface area contributed by atoms with Crippen LogP contribution in [0, 0.1) is 0 Å². The second-order valence-electron chi connectivity index (χ2n) is 4.58. The minimum Gasteiger partial charge on any atom is -0.480 e. The van der Waals surface area contributed by atoms with Gasteiger partial charge < -0.3 is 5.11 Å². The van der Waals surface area contributed by atoms with Gasteiger partial charge in [0.1, 0.15) is 0 Å². The molecule has 1 heterocycles. The normalized spacial score (nSPS) is 20.6. The molecular weight excluding hydrogens is 290 g/mol. The first-order valence-electron chi connectivity index (χ1n) is 5.91.